The van der Waals surface area contributed by atoms with E-state index in [1.807, 2.05) is 12.1 Å². The maximum atomic E-state index is 13.5. The summed E-state index contributed by atoms with van der Waals surface area (Å²) in [5.41, 5.74) is -2.37. The van der Waals surface area contributed by atoms with Crippen LogP contribution < -0.4 is 0 Å². The summed E-state index contributed by atoms with van der Waals surface area (Å²) in [6.07, 6.45) is -13.2. The molecule has 4 rings (SSSR count). The number of H-pyrrole nitrogens is 1. The van der Waals surface area contributed by atoms with E-state index in [2.05, 4.69) is 34.8 Å². The van der Waals surface area contributed by atoms with Crippen LogP contribution in [0.2, 0.25) is 25.7 Å². The van der Waals surface area contributed by atoms with Gasteiger partial charge in [0.2, 0.25) is 0 Å². The molecule has 14 heteroatoms. The molecule has 0 spiro atoms. The van der Waals surface area contributed by atoms with Crippen molar-refractivity contribution in [1.82, 2.24) is 15.2 Å². The van der Waals surface area contributed by atoms with Crippen LogP contribution in [0.1, 0.15) is 59.0 Å². The summed E-state index contributed by atoms with van der Waals surface area (Å²) in [6.45, 7) is 8.97. The average molecular weight is 646 g/mol. The molecule has 0 radical (unpaired) electrons. The van der Waals surface area contributed by atoms with E-state index < -0.39 is 61.7 Å². The van der Waals surface area contributed by atoms with Gasteiger partial charge in [0.25, 0.3) is 0 Å². The van der Waals surface area contributed by atoms with Gasteiger partial charge in [-0.05, 0) is 42.3 Å². The van der Waals surface area contributed by atoms with Crippen LogP contribution in [0.5, 0.6) is 0 Å². The van der Waals surface area contributed by atoms with Crippen molar-refractivity contribution in [3.05, 3.63) is 82.4 Å². The van der Waals surface area contributed by atoms with Gasteiger partial charge in [-0.15, -0.1) is 0 Å². The topological polar surface area (TPSA) is 89.5 Å². The van der Waals surface area contributed by atoms with Crippen LogP contribution in [0.4, 0.5) is 26.3 Å². The first-order chi connectivity index (χ1) is 20.5. The van der Waals surface area contributed by atoms with Gasteiger partial charge in [0.15, 0.2) is 11.6 Å². The number of alkyl halides is 6. The normalized spacial score (nSPS) is 21.3. The predicted molar refractivity (Wildman–Crippen MR) is 152 cm³/mol. The minimum atomic E-state index is -4.99. The molecule has 1 aliphatic rings. The van der Waals surface area contributed by atoms with Crippen molar-refractivity contribution < 1.29 is 45.7 Å². The third-order valence-electron chi connectivity index (χ3n) is 7.55. The fourth-order valence-electron chi connectivity index (χ4n) is 5.15. The Balaban J connectivity index is 1.57. The van der Waals surface area contributed by atoms with Gasteiger partial charge in [0.05, 0.1) is 36.5 Å². The van der Waals surface area contributed by atoms with Gasteiger partial charge in [0, 0.05) is 26.5 Å². The van der Waals surface area contributed by atoms with E-state index in [0.717, 1.165) is 11.6 Å². The van der Waals surface area contributed by atoms with Crippen LogP contribution in [-0.4, -0.2) is 54.3 Å². The summed E-state index contributed by atoms with van der Waals surface area (Å²) >= 11 is 0. The number of nitrogens with one attached hydrogen (secondary N) is 1. The van der Waals surface area contributed by atoms with Gasteiger partial charge < -0.3 is 19.3 Å². The number of hydrogen-bond acceptors (Lipinski definition) is 6. The molecule has 0 bridgehead atoms. The molecule has 2 N–H and O–H groups in total. The molecule has 0 aliphatic carbocycles. The van der Waals surface area contributed by atoms with Crippen molar-refractivity contribution in [2.75, 3.05) is 19.8 Å². The third-order valence-corrected chi connectivity index (χ3v) is 9.26. The minimum absolute atomic E-state index is 0.00237. The molecule has 0 amide bonds. The Morgan fingerprint density at radius 3 is 2.23 bits per heavy atom. The first-order valence-electron chi connectivity index (χ1n) is 14.3. The maximum absolute atomic E-state index is 13.5. The first kappa shape index (κ1) is 34.1. The zero-order chi connectivity index (χ0) is 32.3. The van der Waals surface area contributed by atoms with E-state index in [9.17, 15) is 31.4 Å². The number of aromatic nitrogens is 3. The summed E-state index contributed by atoms with van der Waals surface area (Å²) in [4.78, 5) is 4.41. The zero-order valence-corrected chi connectivity index (χ0v) is 25.9. The Morgan fingerprint density at radius 2 is 1.64 bits per heavy atom. The van der Waals surface area contributed by atoms with Gasteiger partial charge in [-0.1, -0.05) is 50.0 Å². The molecule has 1 saturated heterocycles. The smallest absolute Gasteiger partial charge is 0.385 e. The molecule has 1 aromatic heterocycles. The summed E-state index contributed by atoms with van der Waals surface area (Å²) in [7, 11) is -1.27. The molecule has 1 fully saturated rings. The fraction of sp³-hybridized carbons (Fsp3) is 0.533. The summed E-state index contributed by atoms with van der Waals surface area (Å²) in [6, 6.07) is 11.4. The number of aliphatic hydroxyl groups excluding tert-OH is 1. The molecule has 7 nitrogen and oxygen atoms in total. The highest BCUT2D eigenvalue weighted by Crippen LogP contribution is 2.43. The lowest BCUT2D eigenvalue weighted by Crippen LogP contribution is -2.42. The van der Waals surface area contributed by atoms with Gasteiger partial charge in [-0.25, -0.2) is 4.98 Å². The van der Waals surface area contributed by atoms with Crippen molar-refractivity contribution >= 4 is 8.07 Å². The van der Waals surface area contributed by atoms with Gasteiger partial charge in [-0.2, -0.15) is 31.4 Å². The maximum Gasteiger partial charge on any atom is 0.416 e. The predicted octanol–water partition coefficient (Wildman–Crippen LogP) is 7.31. The first-order valence-corrected chi connectivity index (χ1v) is 18.0. The Kier molecular flexibility index (Phi) is 10.6. The Bertz CT molecular complexity index is 1330. The summed E-state index contributed by atoms with van der Waals surface area (Å²) in [5, 5.41) is 18.4. The fourth-order valence-corrected chi connectivity index (χ4v) is 5.91. The number of hydrogen-bond donors (Lipinski definition) is 2. The van der Waals surface area contributed by atoms with Crippen molar-refractivity contribution in [3.8, 4) is 0 Å². The van der Waals surface area contributed by atoms with Crippen molar-refractivity contribution in [1.29, 1.82) is 0 Å². The van der Waals surface area contributed by atoms with Crippen LogP contribution in [0.3, 0.4) is 0 Å². The summed E-state index contributed by atoms with van der Waals surface area (Å²) < 4.78 is 98.7. The highest BCUT2D eigenvalue weighted by atomic mass is 28.3. The van der Waals surface area contributed by atoms with Crippen LogP contribution in [-0.2, 0) is 33.2 Å². The van der Waals surface area contributed by atoms with Crippen LogP contribution in [0.15, 0.2) is 48.5 Å². The van der Waals surface area contributed by atoms with E-state index in [-0.39, 0.29) is 37.3 Å². The van der Waals surface area contributed by atoms with Crippen molar-refractivity contribution in [2.24, 2.45) is 5.92 Å². The number of nitrogens with zero attached hydrogens (tertiary/aromatic N) is 2. The number of benzene rings is 2. The summed E-state index contributed by atoms with van der Waals surface area (Å²) in [5.74, 6) is -0.643. The average Bonchev–Trinajstić information content (AvgIpc) is 3.42. The van der Waals surface area contributed by atoms with E-state index in [0.29, 0.717) is 24.6 Å². The molecule has 242 valence electrons. The second kappa shape index (κ2) is 13.7. The highest BCUT2D eigenvalue weighted by molar-refractivity contribution is 6.76. The molecule has 5 atom stereocenters. The van der Waals surface area contributed by atoms with Gasteiger partial charge in [0.1, 0.15) is 12.7 Å². The van der Waals surface area contributed by atoms with E-state index in [1.54, 1.807) is 18.2 Å². The number of ether oxygens (including phenoxy) is 3. The van der Waals surface area contributed by atoms with E-state index in [4.69, 9.17) is 14.2 Å². The number of aromatic amines is 1. The SMILES string of the molecule is C[C@@H](O[C@H]1COC[C@@H](C(O)c2n[nH]c(COCC[Si](C)(C)C)n2)[C@@H]1c1ccccc1)c1cc(C(F)(F)F)cc(C(F)(F)F)c1. The van der Waals surface area contributed by atoms with Crippen molar-refractivity contribution in [3.63, 3.8) is 0 Å². The number of halogens is 6. The molecular formula is C30H37F6N3O4Si. The lowest BCUT2D eigenvalue weighted by atomic mass is 9.77. The number of aliphatic hydroxyl groups is 1. The molecule has 44 heavy (non-hydrogen) atoms. The Morgan fingerprint density at radius 1 is 1.00 bits per heavy atom. The lowest BCUT2D eigenvalue weighted by Gasteiger charge is -2.41. The highest BCUT2D eigenvalue weighted by Gasteiger charge is 2.43. The molecule has 3 aromatic rings. The third kappa shape index (κ3) is 8.90. The van der Waals surface area contributed by atoms with Gasteiger partial charge in [-0.3, -0.25) is 5.10 Å². The van der Waals surface area contributed by atoms with Gasteiger partial charge >= 0.3 is 12.4 Å². The van der Waals surface area contributed by atoms with Crippen LogP contribution in [0.25, 0.3) is 0 Å². The molecule has 1 unspecified atom stereocenters. The lowest BCUT2D eigenvalue weighted by molar-refractivity contribution is -0.144. The standard InChI is InChI=1S/C30H37F6N3O4Si/c1-18(20-12-21(29(31,32)33)14-22(13-20)30(34,35)36)43-24-16-42-15-23(26(24)19-8-6-5-7-9-19)27(40)28-37-25(38-39-28)17-41-10-11-44(2,3)4/h5-9,12-14,18,23-24,26-27,40H,10-11,15-17H2,1-4H3,(H,37,38,39)/t18-,23-,24+,26+,27?/m1/s1. The Labute approximate surface area is 253 Å². The van der Waals surface area contributed by atoms with E-state index >= 15 is 0 Å². The molecule has 2 heterocycles. The largest absolute Gasteiger partial charge is 0.416 e. The Hall–Kier alpha value is -2.78. The monoisotopic (exact) mass is 645 g/mol. The van der Waals surface area contributed by atoms with Crippen molar-refractivity contribution in [2.45, 2.75) is 75.8 Å². The minimum Gasteiger partial charge on any atom is -0.385 e. The molecule has 2 aromatic carbocycles. The molecular weight excluding hydrogens is 608 g/mol. The molecule has 1 aliphatic heterocycles. The van der Waals surface area contributed by atoms with E-state index in [1.165, 1.54) is 6.92 Å². The van der Waals surface area contributed by atoms with Crippen LogP contribution >= 0.6 is 0 Å². The quantitative estimate of drug-likeness (QED) is 0.129. The second-order valence-corrected chi connectivity index (χ2v) is 17.9. The zero-order valence-electron chi connectivity index (χ0n) is 24.9. The molecule has 0 saturated carbocycles. The second-order valence-electron chi connectivity index (χ2n) is 12.2. The number of rotatable bonds is 11. The van der Waals surface area contributed by atoms with Crippen LogP contribution in [0, 0.1) is 5.92 Å².